The van der Waals surface area contributed by atoms with Crippen LogP contribution in [0.5, 0.6) is 5.75 Å². The fourth-order valence-electron chi connectivity index (χ4n) is 4.70. The Bertz CT molecular complexity index is 1230. The molecular formula is C26H27F2NO2S2. The number of nitrogens with one attached hydrogen (secondary N) is 1. The molecule has 2 aromatic carbocycles. The molecule has 0 spiro atoms. The van der Waals surface area contributed by atoms with Crippen molar-refractivity contribution in [2.24, 2.45) is 0 Å². The van der Waals surface area contributed by atoms with Crippen molar-refractivity contribution in [3.05, 3.63) is 57.0 Å². The van der Waals surface area contributed by atoms with Crippen LogP contribution >= 0.6 is 24.0 Å². The predicted octanol–water partition coefficient (Wildman–Crippen LogP) is 6.79. The minimum atomic E-state index is -0.802. The van der Waals surface area contributed by atoms with Crippen LogP contribution in [0.15, 0.2) is 23.1 Å². The van der Waals surface area contributed by atoms with Crippen molar-refractivity contribution in [3.63, 3.8) is 0 Å². The highest BCUT2D eigenvalue weighted by Crippen LogP contribution is 2.49. The fourth-order valence-corrected chi connectivity index (χ4v) is 5.73. The lowest BCUT2D eigenvalue weighted by molar-refractivity contribution is -0.115. The van der Waals surface area contributed by atoms with Gasteiger partial charge in [0, 0.05) is 11.6 Å². The Kier molecular flexibility index (Phi) is 5.94. The van der Waals surface area contributed by atoms with Gasteiger partial charge >= 0.3 is 0 Å². The fraction of sp³-hybridized carbons (Fsp3) is 0.385. The highest BCUT2D eigenvalue weighted by atomic mass is 32.2. The van der Waals surface area contributed by atoms with Crippen molar-refractivity contribution in [2.45, 2.75) is 58.3 Å². The highest BCUT2D eigenvalue weighted by Gasteiger charge is 2.38. The summed E-state index contributed by atoms with van der Waals surface area (Å²) in [6.07, 6.45) is 3.30. The third-order valence-electron chi connectivity index (χ3n) is 6.82. The van der Waals surface area contributed by atoms with E-state index in [-0.39, 0.29) is 36.9 Å². The van der Waals surface area contributed by atoms with E-state index in [1.165, 1.54) is 30.4 Å². The van der Waals surface area contributed by atoms with Gasteiger partial charge < -0.3 is 10.1 Å². The summed E-state index contributed by atoms with van der Waals surface area (Å²) in [5.41, 5.74) is 3.82. The van der Waals surface area contributed by atoms with E-state index in [9.17, 15) is 9.18 Å². The third-order valence-corrected chi connectivity index (χ3v) is 7.98. The number of fused-ring (bicyclic) bond motifs is 1. The smallest absolute Gasteiger partial charge is 0.263 e. The van der Waals surface area contributed by atoms with Gasteiger partial charge in [-0.15, -0.1) is 0 Å². The Morgan fingerprint density at radius 1 is 1.09 bits per heavy atom. The van der Waals surface area contributed by atoms with E-state index in [1.807, 2.05) is 13.0 Å². The van der Waals surface area contributed by atoms with E-state index in [0.29, 0.717) is 5.56 Å². The average molecular weight is 488 g/mol. The molecule has 174 valence electrons. The molecule has 2 aromatic rings. The zero-order valence-corrected chi connectivity index (χ0v) is 21.2. The second-order valence-electron chi connectivity index (χ2n) is 10.00. The summed E-state index contributed by atoms with van der Waals surface area (Å²) < 4.78 is 36.6. The van der Waals surface area contributed by atoms with Gasteiger partial charge in [0.05, 0.1) is 17.6 Å². The van der Waals surface area contributed by atoms with Crippen molar-refractivity contribution in [1.29, 1.82) is 0 Å². The molecule has 0 bridgehead atoms. The Labute approximate surface area is 203 Å². The number of thiocarbonyl (C=S) groups is 1. The number of carbonyl (C=O) groups is 1. The van der Waals surface area contributed by atoms with Crippen molar-refractivity contribution >= 4 is 40.3 Å². The van der Waals surface area contributed by atoms with E-state index < -0.39 is 17.5 Å². The van der Waals surface area contributed by atoms with Crippen LogP contribution in [-0.4, -0.2) is 17.3 Å². The number of halogens is 2. The lowest BCUT2D eigenvalue weighted by Crippen LogP contribution is -2.34. The lowest BCUT2D eigenvalue weighted by atomic mass is 9.62. The molecule has 3 nitrogen and oxygen atoms in total. The van der Waals surface area contributed by atoms with Crippen LogP contribution < -0.4 is 10.1 Å². The Morgan fingerprint density at radius 3 is 2.24 bits per heavy atom. The minimum absolute atomic E-state index is 0.0145. The topological polar surface area (TPSA) is 38.3 Å². The largest absolute Gasteiger partial charge is 0.496 e. The van der Waals surface area contributed by atoms with E-state index in [1.54, 1.807) is 0 Å². The molecule has 1 fully saturated rings. The van der Waals surface area contributed by atoms with E-state index in [2.05, 4.69) is 39.1 Å². The number of aryl methyl sites for hydroxylation is 1. The molecule has 1 heterocycles. The number of carbonyl (C=O) groups excluding carboxylic acids is 1. The van der Waals surface area contributed by atoms with Gasteiger partial charge in [0.2, 0.25) is 0 Å². The molecule has 1 N–H and O–H groups in total. The molecule has 1 aliphatic heterocycles. The summed E-state index contributed by atoms with van der Waals surface area (Å²) in [5.74, 6) is -1.91. The lowest BCUT2D eigenvalue weighted by Gasteiger charge is -2.42. The Hall–Kier alpha value is -2.25. The monoisotopic (exact) mass is 487 g/mol. The second-order valence-corrected chi connectivity index (χ2v) is 11.7. The SMILES string of the molecule is COc1cc(F)c(/C=C2\SC(=S)NC2=O)c(F)c1-c1cc2c(cc1C)C(C)(C)CCC2(C)C. The van der Waals surface area contributed by atoms with Crippen molar-refractivity contribution in [3.8, 4) is 16.9 Å². The number of benzene rings is 2. The minimum Gasteiger partial charge on any atom is -0.496 e. The van der Waals surface area contributed by atoms with Gasteiger partial charge in [0.25, 0.3) is 5.91 Å². The summed E-state index contributed by atoms with van der Waals surface area (Å²) in [4.78, 5) is 12.2. The number of amides is 1. The first-order valence-corrected chi connectivity index (χ1v) is 12.0. The molecule has 1 amide bonds. The number of thioether (sulfide) groups is 1. The van der Waals surface area contributed by atoms with E-state index >= 15 is 4.39 Å². The maximum atomic E-state index is 16.0. The maximum absolute atomic E-state index is 16.0. The maximum Gasteiger partial charge on any atom is 0.263 e. The Balaban J connectivity index is 1.98. The summed E-state index contributed by atoms with van der Waals surface area (Å²) in [6.45, 7) is 10.8. The van der Waals surface area contributed by atoms with E-state index in [4.69, 9.17) is 17.0 Å². The summed E-state index contributed by atoms with van der Waals surface area (Å²) in [5, 5.41) is 2.47. The van der Waals surface area contributed by atoms with Crippen LogP contribution in [0.1, 0.15) is 62.8 Å². The molecule has 0 saturated carbocycles. The van der Waals surface area contributed by atoms with Crippen LogP contribution in [0.4, 0.5) is 8.78 Å². The quantitative estimate of drug-likeness (QED) is 0.382. The first-order valence-electron chi connectivity index (χ1n) is 10.8. The summed E-state index contributed by atoms with van der Waals surface area (Å²) in [6, 6.07) is 5.34. The van der Waals surface area contributed by atoms with Crippen LogP contribution in [-0.2, 0) is 15.6 Å². The molecule has 1 saturated heterocycles. The molecule has 0 aromatic heterocycles. The molecule has 2 aliphatic rings. The van der Waals surface area contributed by atoms with Crippen molar-refractivity contribution in [1.82, 2.24) is 5.32 Å². The molecular weight excluding hydrogens is 460 g/mol. The zero-order valence-electron chi connectivity index (χ0n) is 19.6. The van der Waals surface area contributed by atoms with Gasteiger partial charge in [-0.25, -0.2) is 8.78 Å². The number of hydrogen-bond acceptors (Lipinski definition) is 4. The van der Waals surface area contributed by atoms with Gasteiger partial charge in [0.15, 0.2) is 0 Å². The number of methoxy groups -OCH3 is 1. The number of rotatable bonds is 3. The van der Waals surface area contributed by atoms with Crippen molar-refractivity contribution in [2.75, 3.05) is 7.11 Å². The van der Waals surface area contributed by atoms with Crippen LogP contribution in [0.25, 0.3) is 17.2 Å². The van der Waals surface area contributed by atoms with Crippen LogP contribution in [0.3, 0.4) is 0 Å². The summed E-state index contributed by atoms with van der Waals surface area (Å²) >= 11 is 5.98. The number of ether oxygens (including phenoxy) is 1. The zero-order chi connectivity index (χ0) is 24.3. The Morgan fingerprint density at radius 2 is 1.70 bits per heavy atom. The molecule has 0 unspecified atom stereocenters. The van der Waals surface area contributed by atoms with E-state index in [0.717, 1.165) is 30.2 Å². The van der Waals surface area contributed by atoms with Crippen LogP contribution in [0, 0.1) is 18.6 Å². The molecule has 1 aliphatic carbocycles. The van der Waals surface area contributed by atoms with Crippen molar-refractivity contribution < 1.29 is 18.3 Å². The molecule has 0 atom stereocenters. The number of hydrogen-bond donors (Lipinski definition) is 1. The first kappa shape index (κ1) is 23.9. The molecule has 0 radical (unpaired) electrons. The molecule has 33 heavy (non-hydrogen) atoms. The second kappa shape index (κ2) is 8.20. The standard InChI is InChI=1S/C26H27F2NO2S2/c1-13-9-16-17(26(4,5)8-7-25(16,2)3)10-14(13)21-19(31-6)12-18(27)15(22(21)28)11-20-23(30)29-24(32)33-20/h9-12H,7-8H2,1-6H3,(H,29,30,32)/b20-11-. The third kappa shape index (κ3) is 4.10. The summed E-state index contributed by atoms with van der Waals surface area (Å²) in [7, 11) is 1.40. The van der Waals surface area contributed by atoms with Crippen LogP contribution in [0.2, 0.25) is 0 Å². The molecule has 7 heteroatoms. The normalized spacial score (nSPS) is 20.1. The van der Waals surface area contributed by atoms with Gasteiger partial charge in [-0.3, -0.25) is 4.79 Å². The molecule has 4 rings (SSSR count). The van der Waals surface area contributed by atoms with Gasteiger partial charge in [-0.1, -0.05) is 57.7 Å². The average Bonchev–Trinajstić information content (AvgIpc) is 3.05. The highest BCUT2D eigenvalue weighted by molar-refractivity contribution is 8.26. The predicted molar refractivity (Wildman–Crippen MR) is 135 cm³/mol. The van der Waals surface area contributed by atoms with Gasteiger partial charge in [-0.05, 0) is 65.0 Å². The van der Waals surface area contributed by atoms with Gasteiger partial charge in [0.1, 0.15) is 21.7 Å². The van der Waals surface area contributed by atoms with Gasteiger partial charge in [-0.2, -0.15) is 0 Å². The first-order chi connectivity index (χ1) is 15.4.